The van der Waals surface area contributed by atoms with E-state index in [1.807, 2.05) is 18.7 Å². The standard InChI is InChI=1S/C12H22N4O/c1-10-6-11(16(3)14-10)7-13-8-12-9-15(2)4-5-17-12/h6,12-13H,4-5,7-9H2,1-3H3. The van der Waals surface area contributed by atoms with Crippen LogP contribution in [0.25, 0.3) is 0 Å². The van der Waals surface area contributed by atoms with Gasteiger partial charge in [0.25, 0.3) is 0 Å². The van der Waals surface area contributed by atoms with E-state index >= 15 is 0 Å². The van der Waals surface area contributed by atoms with Gasteiger partial charge in [0.2, 0.25) is 0 Å². The number of rotatable bonds is 4. The van der Waals surface area contributed by atoms with Gasteiger partial charge in [-0.25, -0.2) is 0 Å². The summed E-state index contributed by atoms with van der Waals surface area (Å²) in [5.74, 6) is 0. The number of aryl methyl sites for hydroxylation is 2. The molecule has 5 heteroatoms. The smallest absolute Gasteiger partial charge is 0.0826 e. The molecule has 1 aliphatic heterocycles. The van der Waals surface area contributed by atoms with E-state index in [2.05, 4.69) is 28.4 Å². The van der Waals surface area contributed by atoms with Crippen molar-refractivity contribution in [2.75, 3.05) is 33.3 Å². The van der Waals surface area contributed by atoms with Gasteiger partial charge in [0.1, 0.15) is 0 Å². The summed E-state index contributed by atoms with van der Waals surface area (Å²) in [6.07, 6.45) is 0.308. The average Bonchev–Trinajstić information content (AvgIpc) is 2.58. The highest BCUT2D eigenvalue weighted by molar-refractivity contribution is 5.08. The third kappa shape index (κ3) is 3.52. The van der Waals surface area contributed by atoms with Gasteiger partial charge in [-0.05, 0) is 20.0 Å². The molecule has 1 atom stereocenters. The van der Waals surface area contributed by atoms with E-state index in [9.17, 15) is 0 Å². The Labute approximate surface area is 103 Å². The number of nitrogens with one attached hydrogen (secondary N) is 1. The highest BCUT2D eigenvalue weighted by Crippen LogP contribution is 2.03. The highest BCUT2D eigenvalue weighted by atomic mass is 16.5. The van der Waals surface area contributed by atoms with Crippen molar-refractivity contribution >= 4 is 0 Å². The van der Waals surface area contributed by atoms with Crippen LogP contribution in [0.15, 0.2) is 6.07 Å². The Bertz CT molecular complexity index is 363. The van der Waals surface area contributed by atoms with E-state index in [1.54, 1.807) is 0 Å². The SMILES string of the molecule is Cc1cc(CNCC2CN(C)CCO2)n(C)n1. The fourth-order valence-electron chi connectivity index (χ4n) is 2.18. The molecule has 1 saturated heterocycles. The molecular weight excluding hydrogens is 216 g/mol. The zero-order valence-corrected chi connectivity index (χ0v) is 10.9. The highest BCUT2D eigenvalue weighted by Gasteiger charge is 2.17. The van der Waals surface area contributed by atoms with Crippen LogP contribution < -0.4 is 5.32 Å². The van der Waals surface area contributed by atoms with Gasteiger partial charge in [-0.3, -0.25) is 4.68 Å². The quantitative estimate of drug-likeness (QED) is 0.811. The van der Waals surface area contributed by atoms with Crippen LogP contribution in [0.2, 0.25) is 0 Å². The van der Waals surface area contributed by atoms with Gasteiger partial charge in [-0.2, -0.15) is 5.10 Å². The molecular formula is C12H22N4O. The first-order valence-corrected chi connectivity index (χ1v) is 6.15. The molecule has 1 aromatic heterocycles. The number of ether oxygens (including phenoxy) is 1. The molecule has 2 rings (SSSR count). The Kier molecular flexibility index (Phi) is 4.15. The predicted octanol–water partition coefficient (Wildman–Crippen LogP) is 0.149. The third-order valence-corrected chi connectivity index (χ3v) is 3.12. The Balaban J connectivity index is 1.74. The fourth-order valence-corrected chi connectivity index (χ4v) is 2.18. The lowest BCUT2D eigenvalue weighted by Crippen LogP contribution is -2.44. The Morgan fingerprint density at radius 1 is 1.53 bits per heavy atom. The van der Waals surface area contributed by atoms with Crippen molar-refractivity contribution in [2.45, 2.75) is 19.6 Å². The minimum absolute atomic E-state index is 0.308. The molecule has 0 aliphatic carbocycles. The zero-order valence-electron chi connectivity index (χ0n) is 10.9. The molecule has 0 aromatic carbocycles. The van der Waals surface area contributed by atoms with Crippen LogP contribution in [-0.2, 0) is 18.3 Å². The zero-order chi connectivity index (χ0) is 12.3. The van der Waals surface area contributed by atoms with Crippen molar-refractivity contribution in [1.29, 1.82) is 0 Å². The van der Waals surface area contributed by atoms with Crippen molar-refractivity contribution < 1.29 is 4.74 Å². The second-order valence-corrected chi connectivity index (χ2v) is 4.79. The fraction of sp³-hybridized carbons (Fsp3) is 0.750. The molecule has 0 spiro atoms. The number of likely N-dealkylation sites (N-methyl/N-ethyl adjacent to an activating group) is 1. The second-order valence-electron chi connectivity index (χ2n) is 4.79. The van der Waals surface area contributed by atoms with Crippen molar-refractivity contribution in [3.8, 4) is 0 Å². The van der Waals surface area contributed by atoms with E-state index in [0.717, 1.165) is 38.5 Å². The summed E-state index contributed by atoms with van der Waals surface area (Å²) in [5, 5.41) is 7.76. The molecule has 2 heterocycles. The van der Waals surface area contributed by atoms with Crippen molar-refractivity contribution in [3.63, 3.8) is 0 Å². The van der Waals surface area contributed by atoms with Gasteiger partial charge in [0.15, 0.2) is 0 Å². The molecule has 0 bridgehead atoms. The van der Waals surface area contributed by atoms with E-state index in [0.29, 0.717) is 6.10 Å². The van der Waals surface area contributed by atoms with Gasteiger partial charge < -0.3 is 15.0 Å². The minimum Gasteiger partial charge on any atom is -0.374 e. The van der Waals surface area contributed by atoms with Crippen molar-refractivity contribution in [3.05, 3.63) is 17.5 Å². The first-order valence-electron chi connectivity index (χ1n) is 6.15. The minimum atomic E-state index is 0.308. The summed E-state index contributed by atoms with van der Waals surface area (Å²) in [6, 6.07) is 2.11. The van der Waals surface area contributed by atoms with E-state index in [4.69, 9.17) is 4.74 Å². The Morgan fingerprint density at radius 3 is 3.00 bits per heavy atom. The van der Waals surface area contributed by atoms with Crippen LogP contribution in [0.5, 0.6) is 0 Å². The van der Waals surface area contributed by atoms with Crippen molar-refractivity contribution in [1.82, 2.24) is 20.0 Å². The van der Waals surface area contributed by atoms with E-state index in [1.165, 1.54) is 5.69 Å². The molecule has 0 saturated carbocycles. The van der Waals surface area contributed by atoms with Crippen LogP contribution in [0.3, 0.4) is 0 Å². The lowest BCUT2D eigenvalue weighted by Gasteiger charge is -2.30. The van der Waals surface area contributed by atoms with Crippen LogP contribution >= 0.6 is 0 Å². The maximum absolute atomic E-state index is 5.70. The molecule has 1 aromatic rings. The summed E-state index contributed by atoms with van der Waals surface area (Å²) in [6.45, 7) is 6.65. The number of nitrogens with zero attached hydrogens (tertiary/aromatic N) is 3. The van der Waals surface area contributed by atoms with Crippen LogP contribution in [-0.4, -0.2) is 54.1 Å². The molecule has 1 fully saturated rings. The van der Waals surface area contributed by atoms with Gasteiger partial charge in [0, 0.05) is 33.2 Å². The maximum atomic E-state index is 5.70. The summed E-state index contributed by atoms with van der Waals surface area (Å²) < 4.78 is 7.62. The number of morpholine rings is 1. The van der Waals surface area contributed by atoms with Gasteiger partial charge in [-0.15, -0.1) is 0 Å². The van der Waals surface area contributed by atoms with E-state index in [-0.39, 0.29) is 0 Å². The molecule has 1 unspecified atom stereocenters. The van der Waals surface area contributed by atoms with Gasteiger partial charge >= 0.3 is 0 Å². The first kappa shape index (κ1) is 12.5. The van der Waals surface area contributed by atoms with Crippen LogP contribution in [0.1, 0.15) is 11.4 Å². The number of hydrogen-bond acceptors (Lipinski definition) is 4. The molecule has 17 heavy (non-hydrogen) atoms. The molecule has 96 valence electrons. The summed E-state index contributed by atoms with van der Waals surface area (Å²) in [5.41, 5.74) is 2.28. The van der Waals surface area contributed by atoms with Crippen LogP contribution in [0.4, 0.5) is 0 Å². The molecule has 1 aliphatic rings. The number of aromatic nitrogens is 2. The van der Waals surface area contributed by atoms with Gasteiger partial charge in [-0.1, -0.05) is 0 Å². The summed E-state index contributed by atoms with van der Waals surface area (Å²) >= 11 is 0. The average molecular weight is 238 g/mol. The molecule has 1 N–H and O–H groups in total. The summed E-state index contributed by atoms with van der Waals surface area (Å²) in [4.78, 5) is 2.31. The topological polar surface area (TPSA) is 42.3 Å². The van der Waals surface area contributed by atoms with Gasteiger partial charge in [0.05, 0.1) is 24.1 Å². The molecule has 5 nitrogen and oxygen atoms in total. The predicted molar refractivity (Wildman–Crippen MR) is 66.9 cm³/mol. The Hall–Kier alpha value is -0.910. The molecule has 0 amide bonds. The third-order valence-electron chi connectivity index (χ3n) is 3.12. The maximum Gasteiger partial charge on any atom is 0.0826 e. The lowest BCUT2D eigenvalue weighted by atomic mass is 10.2. The normalized spacial score (nSPS) is 21.9. The lowest BCUT2D eigenvalue weighted by molar-refractivity contribution is -0.0182. The molecule has 0 radical (unpaired) electrons. The van der Waals surface area contributed by atoms with Crippen LogP contribution in [0, 0.1) is 6.92 Å². The second kappa shape index (κ2) is 5.62. The first-order chi connectivity index (χ1) is 8.15. The summed E-state index contributed by atoms with van der Waals surface area (Å²) in [7, 11) is 4.12. The van der Waals surface area contributed by atoms with E-state index < -0.39 is 0 Å². The largest absolute Gasteiger partial charge is 0.374 e. The monoisotopic (exact) mass is 238 g/mol. The Morgan fingerprint density at radius 2 is 2.35 bits per heavy atom. The number of hydrogen-bond donors (Lipinski definition) is 1. The van der Waals surface area contributed by atoms with Crippen molar-refractivity contribution in [2.24, 2.45) is 7.05 Å².